The Morgan fingerprint density at radius 3 is 1.53 bits per heavy atom. The Balaban J connectivity index is 1.48. The number of hydrogen-bond acceptors (Lipinski definition) is 5. The van der Waals surface area contributed by atoms with Gasteiger partial charge in [-0.15, -0.1) is 0 Å². The summed E-state index contributed by atoms with van der Waals surface area (Å²) in [6, 6.07) is 17.0. The second kappa shape index (κ2) is 24.8. The molecule has 2 aromatic rings. The van der Waals surface area contributed by atoms with Gasteiger partial charge in [0.05, 0.1) is 39.6 Å². The van der Waals surface area contributed by atoms with Crippen molar-refractivity contribution in [2.45, 2.75) is 130 Å². The molecule has 0 fully saturated rings. The molecule has 244 valence electrons. The fourth-order valence-corrected chi connectivity index (χ4v) is 5.78. The van der Waals surface area contributed by atoms with E-state index in [0.717, 1.165) is 24.0 Å². The Bertz CT molecular complexity index is 980. The zero-order valence-electron chi connectivity index (χ0n) is 27.1. The molecule has 0 aliphatic heterocycles. The zero-order chi connectivity index (χ0) is 30.9. The minimum absolute atomic E-state index is 0.0163. The van der Waals surface area contributed by atoms with E-state index in [1.54, 1.807) is 0 Å². The van der Waals surface area contributed by atoms with Crippen molar-refractivity contribution in [3.05, 3.63) is 70.8 Å². The second-order valence-electron chi connectivity index (χ2n) is 11.6. The zero-order valence-corrected chi connectivity index (χ0v) is 28.0. The highest BCUT2D eigenvalue weighted by molar-refractivity contribution is 7.47. The summed E-state index contributed by atoms with van der Waals surface area (Å²) in [4.78, 5) is 9.92. The van der Waals surface area contributed by atoms with Gasteiger partial charge in [0.1, 0.15) is 0 Å². The second-order valence-corrected chi connectivity index (χ2v) is 13.1. The molecule has 1 unspecified atom stereocenters. The van der Waals surface area contributed by atoms with Crippen LogP contribution in [0, 0.1) is 0 Å². The summed E-state index contributed by atoms with van der Waals surface area (Å²) in [5.74, 6) is 0. The van der Waals surface area contributed by atoms with E-state index < -0.39 is 7.82 Å². The molecule has 0 spiro atoms. The fraction of sp³-hybridized carbons (Fsp3) is 0.667. The van der Waals surface area contributed by atoms with Gasteiger partial charge >= 0.3 is 7.82 Å². The molecule has 0 amide bonds. The number of rotatable bonds is 28. The SMILES string of the molecule is CCCCCCCCCc1ccc(COCCOP(=O)(O)OCCOCc2cccc(CCCCCCCCC)c2)cc1. The van der Waals surface area contributed by atoms with Crippen LogP contribution in [0.2, 0.25) is 0 Å². The van der Waals surface area contributed by atoms with Gasteiger partial charge in [-0.05, 0) is 47.9 Å². The number of unbranched alkanes of at least 4 members (excludes halogenated alkanes) is 12. The van der Waals surface area contributed by atoms with Crippen LogP contribution in [-0.2, 0) is 49.1 Å². The van der Waals surface area contributed by atoms with E-state index in [1.165, 1.54) is 101 Å². The average Bonchev–Trinajstić information content (AvgIpc) is 3.00. The number of aryl methyl sites for hydroxylation is 2. The normalized spacial score (nSPS) is 12.9. The van der Waals surface area contributed by atoms with Crippen LogP contribution < -0.4 is 0 Å². The topological polar surface area (TPSA) is 74.2 Å². The summed E-state index contributed by atoms with van der Waals surface area (Å²) in [5, 5.41) is 0. The Hall–Kier alpha value is -1.53. The van der Waals surface area contributed by atoms with Crippen LogP contribution in [-0.4, -0.2) is 31.3 Å². The molecule has 1 atom stereocenters. The monoisotopic (exact) mass is 618 g/mol. The summed E-state index contributed by atoms with van der Waals surface area (Å²) in [6.45, 7) is 5.77. The van der Waals surface area contributed by atoms with Gasteiger partial charge in [0.15, 0.2) is 0 Å². The molecule has 0 saturated carbocycles. The van der Waals surface area contributed by atoms with Crippen LogP contribution in [0.5, 0.6) is 0 Å². The number of ether oxygens (including phenoxy) is 2. The van der Waals surface area contributed by atoms with Crippen molar-refractivity contribution < 1.29 is 28.0 Å². The lowest BCUT2D eigenvalue weighted by atomic mass is 10.0. The largest absolute Gasteiger partial charge is 0.472 e. The van der Waals surface area contributed by atoms with E-state index in [4.69, 9.17) is 18.5 Å². The van der Waals surface area contributed by atoms with Crippen molar-refractivity contribution in [1.29, 1.82) is 0 Å². The first-order valence-corrected chi connectivity index (χ1v) is 18.4. The van der Waals surface area contributed by atoms with Gasteiger partial charge in [0.25, 0.3) is 0 Å². The molecule has 0 radical (unpaired) electrons. The highest BCUT2D eigenvalue weighted by Gasteiger charge is 2.20. The maximum Gasteiger partial charge on any atom is 0.472 e. The predicted molar refractivity (Wildman–Crippen MR) is 177 cm³/mol. The highest BCUT2D eigenvalue weighted by Crippen LogP contribution is 2.42. The van der Waals surface area contributed by atoms with Crippen molar-refractivity contribution in [3.8, 4) is 0 Å². The third-order valence-electron chi connectivity index (χ3n) is 7.65. The average molecular weight is 619 g/mol. The van der Waals surface area contributed by atoms with Crippen LogP contribution in [0.3, 0.4) is 0 Å². The summed E-state index contributed by atoms with van der Waals surface area (Å²) in [5.41, 5.74) is 4.86. The Kier molecular flexibility index (Phi) is 21.7. The van der Waals surface area contributed by atoms with Gasteiger partial charge in [-0.3, -0.25) is 9.05 Å². The van der Waals surface area contributed by atoms with E-state index in [9.17, 15) is 9.46 Å². The lowest BCUT2D eigenvalue weighted by molar-refractivity contribution is 0.0504. The van der Waals surface area contributed by atoms with Crippen LogP contribution >= 0.6 is 7.82 Å². The molecule has 43 heavy (non-hydrogen) atoms. The van der Waals surface area contributed by atoms with E-state index in [-0.39, 0.29) is 26.4 Å². The molecule has 0 aliphatic carbocycles. The Morgan fingerprint density at radius 2 is 0.977 bits per heavy atom. The third-order valence-corrected chi connectivity index (χ3v) is 8.67. The lowest BCUT2D eigenvalue weighted by Gasteiger charge is -2.13. The summed E-state index contributed by atoms with van der Waals surface area (Å²) < 4.78 is 33.5. The minimum atomic E-state index is -4.14. The quantitative estimate of drug-likeness (QED) is 0.0756. The van der Waals surface area contributed by atoms with Crippen LogP contribution in [0.4, 0.5) is 0 Å². The molecule has 2 aromatic carbocycles. The molecule has 7 heteroatoms. The van der Waals surface area contributed by atoms with Crippen LogP contribution in [0.15, 0.2) is 48.5 Å². The molecule has 0 heterocycles. The smallest absolute Gasteiger partial charge is 0.374 e. The van der Waals surface area contributed by atoms with Crippen molar-refractivity contribution in [2.75, 3.05) is 26.4 Å². The van der Waals surface area contributed by atoms with Gasteiger partial charge in [0, 0.05) is 0 Å². The molecule has 0 bridgehead atoms. The number of phosphoric ester groups is 1. The van der Waals surface area contributed by atoms with Gasteiger partial charge in [-0.1, -0.05) is 139 Å². The van der Waals surface area contributed by atoms with Crippen molar-refractivity contribution in [3.63, 3.8) is 0 Å². The molecule has 0 saturated heterocycles. The standard InChI is InChI=1S/C36H59O6P/c1-3-5-7-9-11-13-15-18-33-22-24-35(25-23-33)31-39-26-28-41-43(37,38)42-29-27-40-32-36-21-17-20-34(30-36)19-16-14-12-10-8-6-4-2/h17,20-25,30H,3-16,18-19,26-29,31-32H2,1-2H3,(H,37,38). The van der Waals surface area contributed by atoms with E-state index >= 15 is 0 Å². The van der Waals surface area contributed by atoms with Gasteiger partial charge in [-0.2, -0.15) is 0 Å². The van der Waals surface area contributed by atoms with Gasteiger partial charge in [-0.25, -0.2) is 4.57 Å². The maximum atomic E-state index is 12.1. The first kappa shape index (κ1) is 37.7. The summed E-state index contributed by atoms with van der Waals surface area (Å²) in [6.07, 6.45) is 20.6. The lowest BCUT2D eigenvalue weighted by Crippen LogP contribution is -2.07. The summed E-state index contributed by atoms with van der Waals surface area (Å²) >= 11 is 0. The first-order chi connectivity index (χ1) is 21.0. The van der Waals surface area contributed by atoms with E-state index in [2.05, 4.69) is 56.3 Å². The highest BCUT2D eigenvalue weighted by atomic mass is 31.2. The fourth-order valence-electron chi connectivity index (χ4n) is 5.09. The molecule has 0 aliphatic rings. The van der Waals surface area contributed by atoms with Crippen molar-refractivity contribution in [2.24, 2.45) is 0 Å². The number of phosphoric acid groups is 1. The molecular weight excluding hydrogens is 559 g/mol. The van der Waals surface area contributed by atoms with E-state index in [0.29, 0.717) is 13.2 Å². The minimum Gasteiger partial charge on any atom is -0.374 e. The predicted octanol–water partition coefficient (Wildman–Crippen LogP) is 10.1. The molecule has 1 N–H and O–H groups in total. The maximum absolute atomic E-state index is 12.1. The molecular formula is C36H59O6P. The van der Waals surface area contributed by atoms with Gasteiger partial charge < -0.3 is 14.4 Å². The number of benzene rings is 2. The molecule has 6 nitrogen and oxygen atoms in total. The Morgan fingerprint density at radius 1 is 0.535 bits per heavy atom. The van der Waals surface area contributed by atoms with Crippen molar-refractivity contribution >= 4 is 7.82 Å². The van der Waals surface area contributed by atoms with Crippen LogP contribution in [0.1, 0.15) is 126 Å². The molecule has 0 aromatic heterocycles. The first-order valence-electron chi connectivity index (χ1n) is 17.0. The number of hydrogen-bond donors (Lipinski definition) is 1. The Labute approximate surface area is 262 Å². The molecule has 2 rings (SSSR count). The van der Waals surface area contributed by atoms with Crippen LogP contribution in [0.25, 0.3) is 0 Å². The summed E-state index contributed by atoms with van der Waals surface area (Å²) in [7, 11) is -4.14. The van der Waals surface area contributed by atoms with E-state index in [1.807, 2.05) is 6.07 Å². The third kappa shape index (κ3) is 20.2. The van der Waals surface area contributed by atoms with Crippen molar-refractivity contribution in [1.82, 2.24) is 0 Å². The van der Waals surface area contributed by atoms with Gasteiger partial charge in [0.2, 0.25) is 0 Å².